The van der Waals surface area contributed by atoms with Gasteiger partial charge < -0.3 is 10.5 Å². The number of aromatic nitrogens is 1. The molecule has 3 nitrogen and oxygen atoms in total. The number of benzene rings is 2. The van der Waals surface area contributed by atoms with E-state index in [1.165, 1.54) is 0 Å². The number of nitrogen functional groups attached to an aromatic ring is 1. The molecule has 1 heterocycles. The molecule has 2 aromatic carbocycles. The molecule has 0 saturated heterocycles. The van der Waals surface area contributed by atoms with Crippen LogP contribution in [-0.2, 0) is 6.61 Å². The molecule has 1 aromatic heterocycles. The number of hydrogen-bond acceptors (Lipinski definition) is 3. The van der Waals surface area contributed by atoms with Crippen molar-refractivity contribution in [1.82, 2.24) is 4.98 Å². The van der Waals surface area contributed by atoms with Gasteiger partial charge >= 0.3 is 0 Å². The predicted octanol–water partition coefficient (Wildman–Crippen LogP) is 4.05. The van der Waals surface area contributed by atoms with E-state index in [0.29, 0.717) is 23.2 Å². The van der Waals surface area contributed by atoms with Crippen LogP contribution < -0.4 is 10.5 Å². The maximum Gasteiger partial charge on any atom is 0.130 e. The van der Waals surface area contributed by atoms with Gasteiger partial charge in [-0.05, 0) is 30.3 Å². The smallest absolute Gasteiger partial charge is 0.130 e. The van der Waals surface area contributed by atoms with E-state index in [1.54, 1.807) is 12.1 Å². The Morgan fingerprint density at radius 2 is 1.90 bits per heavy atom. The lowest BCUT2D eigenvalue weighted by Crippen LogP contribution is -2.02. The number of anilines is 1. The summed E-state index contributed by atoms with van der Waals surface area (Å²) in [5.74, 6) is 1.20. The lowest BCUT2D eigenvalue weighted by atomic mass is 10.1. The number of hydrogen-bond donors (Lipinski definition) is 1. The van der Waals surface area contributed by atoms with Gasteiger partial charge in [0.25, 0.3) is 0 Å². The monoisotopic (exact) mass is 284 g/mol. The Bertz CT molecular complexity index is 758. The minimum absolute atomic E-state index is 0.365. The zero-order valence-corrected chi connectivity index (χ0v) is 11.5. The van der Waals surface area contributed by atoms with Crippen molar-refractivity contribution >= 4 is 28.3 Å². The number of rotatable bonds is 3. The second-order valence-electron chi connectivity index (χ2n) is 4.47. The summed E-state index contributed by atoms with van der Waals surface area (Å²) < 4.78 is 5.70. The highest BCUT2D eigenvalue weighted by Crippen LogP contribution is 2.22. The van der Waals surface area contributed by atoms with Crippen molar-refractivity contribution in [3.05, 3.63) is 65.2 Å². The molecule has 0 fully saturated rings. The second kappa shape index (κ2) is 5.39. The van der Waals surface area contributed by atoms with Crippen LogP contribution in [0.3, 0.4) is 0 Å². The summed E-state index contributed by atoms with van der Waals surface area (Å²) in [4.78, 5) is 4.38. The van der Waals surface area contributed by atoms with Crippen LogP contribution in [0.15, 0.2) is 54.6 Å². The standard InChI is InChI=1S/C16H13ClN2O/c17-13-5-3-6-14(9-13)20-10-12-8-11-4-1-2-7-15(11)19-16(12)18/h1-9H,10H2,(H2,18,19). The molecule has 3 rings (SSSR count). The van der Waals surface area contributed by atoms with Crippen LogP contribution in [0.4, 0.5) is 5.82 Å². The van der Waals surface area contributed by atoms with Gasteiger partial charge in [-0.3, -0.25) is 0 Å². The summed E-state index contributed by atoms with van der Waals surface area (Å²) >= 11 is 5.92. The van der Waals surface area contributed by atoms with Gasteiger partial charge in [-0.15, -0.1) is 0 Å². The third-order valence-corrected chi connectivity index (χ3v) is 3.26. The molecule has 0 aliphatic heterocycles. The van der Waals surface area contributed by atoms with E-state index in [9.17, 15) is 0 Å². The fourth-order valence-electron chi connectivity index (χ4n) is 2.01. The van der Waals surface area contributed by atoms with E-state index >= 15 is 0 Å². The van der Waals surface area contributed by atoms with E-state index in [4.69, 9.17) is 22.1 Å². The molecule has 0 saturated carbocycles. The molecule has 0 atom stereocenters. The lowest BCUT2D eigenvalue weighted by molar-refractivity contribution is 0.307. The van der Waals surface area contributed by atoms with Crippen LogP contribution in [0.25, 0.3) is 10.9 Å². The van der Waals surface area contributed by atoms with Gasteiger partial charge in [-0.1, -0.05) is 35.9 Å². The van der Waals surface area contributed by atoms with Gasteiger partial charge in [-0.2, -0.15) is 0 Å². The van der Waals surface area contributed by atoms with Crippen molar-refractivity contribution in [1.29, 1.82) is 0 Å². The largest absolute Gasteiger partial charge is 0.489 e. The zero-order valence-electron chi connectivity index (χ0n) is 10.7. The van der Waals surface area contributed by atoms with Crippen LogP contribution in [0.2, 0.25) is 5.02 Å². The number of pyridine rings is 1. The number of ether oxygens (including phenoxy) is 1. The number of halogens is 1. The number of fused-ring (bicyclic) bond motifs is 1. The van der Waals surface area contributed by atoms with Crippen LogP contribution in [0, 0.1) is 0 Å². The van der Waals surface area contributed by atoms with Gasteiger partial charge in [0.15, 0.2) is 0 Å². The van der Waals surface area contributed by atoms with E-state index in [2.05, 4.69) is 4.98 Å². The molecule has 0 unspecified atom stereocenters. The molecular weight excluding hydrogens is 272 g/mol. The summed E-state index contributed by atoms with van der Waals surface area (Å²) in [6, 6.07) is 17.1. The number of para-hydroxylation sites is 1. The Morgan fingerprint density at radius 1 is 1.05 bits per heavy atom. The van der Waals surface area contributed by atoms with Crippen LogP contribution in [-0.4, -0.2) is 4.98 Å². The molecule has 4 heteroatoms. The molecule has 100 valence electrons. The third-order valence-electron chi connectivity index (χ3n) is 3.03. The first-order chi connectivity index (χ1) is 9.72. The maximum absolute atomic E-state index is 5.96. The zero-order chi connectivity index (χ0) is 13.9. The summed E-state index contributed by atoms with van der Waals surface area (Å²) in [6.07, 6.45) is 0. The average Bonchev–Trinajstić information content (AvgIpc) is 2.45. The minimum Gasteiger partial charge on any atom is -0.489 e. The SMILES string of the molecule is Nc1nc2ccccc2cc1COc1cccc(Cl)c1. The van der Waals surface area contributed by atoms with Crippen LogP contribution >= 0.6 is 11.6 Å². The fraction of sp³-hybridized carbons (Fsp3) is 0.0625. The second-order valence-corrected chi connectivity index (χ2v) is 4.91. The highest BCUT2D eigenvalue weighted by atomic mass is 35.5. The number of nitrogens with two attached hydrogens (primary N) is 1. The Morgan fingerprint density at radius 3 is 2.75 bits per heavy atom. The van der Waals surface area contributed by atoms with Gasteiger partial charge in [0.05, 0.1) is 5.52 Å². The third kappa shape index (κ3) is 2.68. The van der Waals surface area contributed by atoms with Gasteiger partial charge in [-0.25, -0.2) is 4.98 Å². The molecule has 0 amide bonds. The van der Waals surface area contributed by atoms with Crippen molar-refractivity contribution < 1.29 is 4.74 Å². The summed E-state index contributed by atoms with van der Waals surface area (Å²) in [5.41, 5.74) is 7.71. The van der Waals surface area contributed by atoms with Crippen molar-refractivity contribution in [2.24, 2.45) is 0 Å². The van der Waals surface area contributed by atoms with Crippen molar-refractivity contribution in [2.75, 3.05) is 5.73 Å². The van der Waals surface area contributed by atoms with E-state index < -0.39 is 0 Å². The predicted molar refractivity (Wildman–Crippen MR) is 81.9 cm³/mol. The Kier molecular flexibility index (Phi) is 3.44. The van der Waals surface area contributed by atoms with E-state index in [1.807, 2.05) is 42.5 Å². The molecule has 0 aliphatic rings. The summed E-state index contributed by atoms with van der Waals surface area (Å²) in [6.45, 7) is 0.365. The summed E-state index contributed by atoms with van der Waals surface area (Å²) in [7, 11) is 0. The quantitative estimate of drug-likeness (QED) is 0.789. The first-order valence-electron chi connectivity index (χ1n) is 6.25. The highest BCUT2D eigenvalue weighted by Gasteiger charge is 2.05. The van der Waals surface area contributed by atoms with Crippen LogP contribution in [0.1, 0.15) is 5.56 Å². The Labute approximate surface area is 122 Å². The molecule has 0 spiro atoms. The summed E-state index contributed by atoms with van der Waals surface area (Å²) in [5, 5.41) is 1.69. The molecule has 0 aliphatic carbocycles. The van der Waals surface area contributed by atoms with Gasteiger partial charge in [0.1, 0.15) is 18.2 Å². The molecule has 3 aromatic rings. The first kappa shape index (κ1) is 12.8. The maximum atomic E-state index is 5.96. The molecule has 2 N–H and O–H groups in total. The molecule has 0 radical (unpaired) electrons. The van der Waals surface area contributed by atoms with E-state index in [0.717, 1.165) is 16.5 Å². The van der Waals surface area contributed by atoms with E-state index in [-0.39, 0.29) is 0 Å². The van der Waals surface area contributed by atoms with Gasteiger partial charge in [0, 0.05) is 16.0 Å². The van der Waals surface area contributed by atoms with Crippen molar-refractivity contribution in [3.63, 3.8) is 0 Å². The average molecular weight is 285 g/mol. The Hall–Kier alpha value is -2.26. The first-order valence-corrected chi connectivity index (χ1v) is 6.63. The van der Waals surface area contributed by atoms with Crippen molar-refractivity contribution in [3.8, 4) is 5.75 Å². The lowest BCUT2D eigenvalue weighted by Gasteiger charge is -2.09. The van der Waals surface area contributed by atoms with Crippen molar-refractivity contribution in [2.45, 2.75) is 6.61 Å². The van der Waals surface area contributed by atoms with Crippen LogP contribution in [0.5, 0.6) is 5.75 Å². The molecule has 20 heavy (non-hydrogen) atoms. The minimum atomic E-state index is 0.365. The molecule has 0 bridgehead atoms. The van der Waals surface area contributed by atoms with Gasteiger partial charge in [0.2, 0.25) is 0 Å². The highest BCUT2D eigenvalue weighted by molar-refractivity contribution is 6.30. The topological polar surface area (TPSA) is 48.1 Å². The Balaban J connectivity index is 1.85. The number of nitrogens with zero attached hydrogens (tertiary/aromatic N) is 1. The fourth-order valence-corrected chi connectivity index (χ4v) is 2.19. The normalized spacial score (nSPS) is 10.7. The molecular formula is C16H13ClN2O.